The Kier molecular flexibility index (Phi) is 2.18. The molecule has 1 heterocycles. The van der Waals surface area contributed by atoms with E-state index in [1.54, 1.807) is 0 Å². The van der Waals surface area contributed by atoms with Crippen LogP contribution in [0.25, 0.3) is 0 Å². The van der Waals surface area contributed by atoms with Gasteiger partial charge in [0.1, 0.15) is 0 Å². The second kappa shape index (κ2) is 3.49. The summed E-state index contributed by atoms with van der Waals surface area (Å²) in [6, 6.07) is 0. The lowest BCUT2D eigenvalue weighted by Gasteiger charge is -2.16. The number of hydrogen-bond acceptors (Lipinski definition) is 3. The molecule has 1 unspecified atom stereocenters. The molecular weight excluding hydrogens is 180 g/mol. The van der Waals surface area contributed by atoms with Gasteiger partial charge in [-0.3, -0.25) is 10.2 Å². The molecule has 1 aliphatic heterocycles. The standard InChI is InChI=1S/C10H10N2O2/c13-10(14)6-9-7-3-1-2-4-8(5-7)11-12-9/h1-5,7,11H,6H2,(H,13,14). The third-order valence-electron chi connectivity index (χ3n) is 2.11. The van der Waals surface area contributed by atoms with E-state index in [0.717, 1.165) is 5.70 Å². The molecule has 0 aromatic rings. The minimum absolute atomic E-state index is 0.0114. The molecule has 4 heteroatoms. The predicted octanol–water partition coefficient (Wildman–Crippen LogP) is 1.05. The number of carboxylic acid groups (broad SMARTS) is 1. The van der Waals surface area contributed by atoms with Crippen molar-refractivity contribution in [3.8, 4) is 0 Å². The molecular formula is C10H10N2O2. The molecule has 0 fully saturated rings. The molecule has 2 bridgehead atoms. The molecule has 2 aliphatic rings. The van der Waals surface area contributed by atoms with Gasteiger partial charge in [0.25, 0.3) is 0 Å². The number of nitrogens with one attached hydrogen (secondary N) is 1. The van der Waals surface area contributed by atoms with Crippen molar-refractivity contribution in [1.82, 2.24) is 5.43 Å². The third-order valence-corrected chi connectivity index (χ3v) is 2.11. The first-order valence-electron chi connectivity index (χ1n) is 4.36. The maximum atomic E-state index is 10.5. The number of rotatable bonds is 2. The van der Waals surface area contributed by atoms with Gasteiger partial charge in [-0.2, -0.15) is 5.10 Å². The van der Waals surface area contributed by atoms with Crippen LogP contribution in [0.5, 0.6) is 0 Å². The molecule has 14 heavy (non-hydrogen) atoms. The van der Waals surface area contributed by atoms with Crippen LogP contribution in [0.4, 0.5) is 0 Å². The van der Waals surface area contributed by atoms with E-state index < -0.39 is 5.97 Å². The number of hydrazone groups is 1. The van der Waals surface area contributed by atoms with Gasteiger partial charge in [0, 0.05) is 5.92 Å². The van der Waals surface area contributed by atoms with Crippen LogP contribution >= 0.6 is 0 Å². The Morgan fingerprint density at radius 2 is 2.43 bits per heavy atom. The summed E-state index contributed by atoms with van der Waals surface area (Å²) >= 11 is 0. The number of carbonyl (C=O) groups is 1. The molecule has 0 radical (unpaired) electrons. The van der Waals surface area contributed by atoms with Crippen LogP contribution < -0.4 is 5.43 Å². The lowest BCUT2D eigenvalue weighted by atomic mass is 9.98. The summed E-state index contributed by atoms with van der Waals surface area (Å²) in [7, 11) is 0. The highest BCUT2D eigenvalue weighted by atomic mass is 16.4. The van der Waals surface area contributed by atoms with E-state index in [-0.39, 0.29) is 12.3 Å². The molecule has 0 aromatic heterocycles. The summed E-state index contributed by atoms with van der Waals surface area (Å²) in [4.78, 5) is 10.5. The summed E-state index contributed by atoms with van der Waals surface area (Å²) in [5.74, 6) is -0.842. The zero-order valence-corrected chi connectivity index (χ0v) is 7.47. The van der Waals surface area contributed by atoms with Gasteiger partial charge in [-0.1, -0.05) is 18.2 Å². The van der Waals surface area contributed by atoms with Crippen LogP contribution in [0, 0.1) is 5.92 Å². The van der Waals surface area contributed by atoms with Crippen molar-refractivity contribution < 1.29 is 9.90 Å². The van der Waals surface area contributed by atoms with Crippen LogP contribution in [0.2, 0.25) is 0 Å². The van der Waals surface area contributed by atoms with Crippen molar-refractivity contribution in [2.75, 3.05) is 0 Å². The zero-order chi connectivity index (χ0) is 9.97. The van der Waals surface area contributed by atoms with E-state index in [2.05, 4.69) is 10.5 Å². The van der Waals surface area contributed by atoms with Gasteiger partial charge >= 0.3 is 5.97 Å². The highest BCUT2D eigenvalue weighted by Gasteiger charge is 2.19. The maximum absolute atomic E-state index is 10.5. The van der Waals surface area contributed by atoms with Crippen molar-refractivity contribution in [2.45, 2.75) is 6.42 Å². The molecule has 0 spiro atoms. The monoisotopic (exact) mass is 190 g/mol. The van der Waals surface area contributed by atoms with Crippen molar-refractivity contribution in [2.24, 2.45) is 11.0 Å². The van der Waals surface area contributed by atoms with E-state index in [4.69, 9.17) is 5.11 Å². The largest absolute Gasteiger partial charge is 0.481 e. The number of fused-ring (bicyclic) bond motifs is 1. The SMILES string of the molecule is O=C(O)CC1=NNC2=CC1C=CC=C2. The molecule has 1 atom stereocenters. The van der Waals surface area contributed by atoms with Crippen molar-refractivity contribution >= 4 is 11.7 Å². The first-order valence-corrected chi connectivity index (χ1v) is 4.36. The fourth-order valence-corrected chi connectivity index (χ4v) is 1.45. The molecule has 0 amide bonds. The fraction of sp³-hybridized carbons (Fsp3) is 0.200. The predicted molar refractivity (Wildman–Crippen MR) is 52.7 cm³/mol. The van der Waals surface area contributed by atoms with Crippen molar-refractivity contribution in [3.05, 3.63) is 36.1 Å². The van der Waals surface area contributed by atoms with Gasteiger partial charge in [0.15, 0.2) is 0 Å². The smallest absolute Gasteiger partial charge is 0.309 e. The Balaban J connectivity index is 2.19. The number of hydrogen-bond donors (Lipinski definition) is 2. The van der Waals surface area contributed by atoms with Crippen molar-refractivity contribution in [1.29, 1.82) is 0 Å². The number of carboxylic acids is 1. The minimum atomic E-state index is -0.854. The summed E-state index contributed by atoms with van der Waals surface area (Å²) < 4.78 is 0. The van der Waals surface area contributed by atoms with Crippen LogP contribution in [-0.4, -0.2) is 16.8 Å². The van der Waals surface area contributed by atoms with Gasteiger partial charge < -0.3 is 5.11 Å². The molecule has 4 nitrogen and oxygen atoms in total. The summed E-state index contributed by atoms with van der Waals surface area (Å²) in [6.07, 6.45) is 9.58. The second-order valence-corrected chi connectivity index (χ2v) is 3.18. The highest BCUT2D eigenvalue weighted by molar-refractivity contribution is 6.01. The van der Waals surface area contributed by atoms with Gasteiger partial charge in [-0.25, -0.2) is 0 Å². The molecule has 0 aromatic carbocycles. The van der Waals surface area contributed by atoms with Gasteiger partial charge in [-0.15, -0.1) is 0 Å². The Labute approximate surface area is 81.3 Å². The quantitative estimate of drug-likeness (QED) is 0.684. The first-order chi connectivity index (χ1) is 6.75. The number of allylic oxidation sites excluding steroid dienone is 5. The van der Waals surface area contributed by atoms with E-state index in [1.165, 1.54) is 0 Å². The molecule has 1 aliphatic carbocycles. The second-order valence-electron chi connectivity index (χ2n) is 3.18. The Morgan fingerprint density at radius 1 is 1.57 bits per heavy atom. The van der Waals surface area contributed by atoms with Gasteiger partial charge in [0.05, 0.1) is 17.8 Å². The summed E-state index contributed by atoms with van der Waals surface area (Å²) in [6.45, 7) is 0. The first kappa shape index (κ1) is 8.74. The molecule has 0 saturated carbocycles. The number of nitrogens with zero attached hydrogens (tertiary/aromatic N) is 1. The van der Waals surface area contributed by atoms with Gasteiger partial charge in [-0.05, 0) is 12.2 Å². The third kappa shape index (κ3) is 1.74. The van der Waals surface area contributed by atoms with Gasteiger partial charge in [0.2, 0.25) is 0 Å². The average Bonchev–Trinajstić information content (AvgIpc) is 2.33. The van der Waals surface area contributed by atoms with Crippen LogP contribution in [-0.2, 0) is 4.79 Å². The molecule has 72 valence electrons. The minimum Gasteiger partial charge on any atom is -0.481 e. The van der Waals surface area contributed by atoms with E-state index >= 15 is 0 Å². The molecule has 2 rings (SSSR count). The molecule has 0 saturated heterocycles. The summed E-state index contributed by atoms with van der Waals surface area (Å²) in [5, 5.41) is 12.7. The topological polar surface area (TPSA) is 61.7 Å². The molecule has 2 N–H and O–H groups in total. The fourth-order valence-electron chi connectivity index (χ4n) is 1.45. The summed E-state index contributed by atoms with van der Waals surface area (Å²) in [5.41, 5.74) is 4.36. The number of aliphatic carboxylic acids is 1. The maximum Gasteiger partial charge on any atom is 0.309 e. The average molecular weight is 190 g/mol. The van der Waals surface area contributed by atoms with Crippen LogP contribution in [0.3, 0.4) is 0 Å². The van der Waals surface area contributed by atoms with E-state index in [9.17, 15) is 4.79 Å². The van der Waals surface area contributed by atoms with Crippen LogP contribution in [0.15, 0.2) is 41.2 Å². The van der Waals surface area contributed by atoms with E-state index in [0.29, 0.717) is 5.71 Å². The Hall–Kier alpha value is -1.84. The Bertz CT molecular complexity index is 378. The van der Waals surface area contributed by atoms with E-state index in [1.807, 2.05) is 30.4 Å². The lowest BCUT2D eigenvalue weighted by molar-refractivity contribution is -0.135. The normalized spacial score (nSPS) is 23.3. The van der Waals surface area contributed by atoms with Crippen molar-refractivity contribution in [3.63, 3.8) is 0 Å². The zero-order valence-electron chi connectivity index (χ0n) is 7.47. The highest BCUT2D eigenvalue weighted by Crippen LogP contribution is 2.17. The van der Waals surface area contributed by atoms with Crippen LogP contribution in [0.1, 0.15) is 6.42 Å². The Morgan fingerprint density at radius 3 is 3.21 bits per heavy atom. The lowest BCUT2D eigenvalue weighted by Crippen LogP contribution is -2.23.